The van der Waals surface area contributed by atoms with Gasteiger partial charge in [0.2, 0.25) is 0 Å². The molecule has 0 saturated heterocycles. The Bertz CT molecular complexity index is 1250. The summed E-state index contributed by atoms with van der Waals surface area (Å²) in [4.78, 5) is 28.1. The Hall–Kier alpha value is -3.80. The van der Waals surface area contributed by atoms with Gasteiger partial charge in [0.05, 0.1) is 18.8 Å². The number of methoxy groups -OCH3 is 1. The topological polar surface area (TPSA) is 68.2 Å². The van der Waals surface area contributed by atoms with Crippen LogP contribution in [0.15, 0.2) is 73.2 Å². The molecule has 32 heavy (non-hydrogen) atoms. The van der Waals surface area contributed by atoms with Crippen LogP contribution in [0.3, 0.4) is 0 Å². The lowest BCUT2D eigenvalue weighted by molar-refractivity contribution is 0.0707. The number of nitrogens with zero attached hydrogens (tertiary/aromatic N) is 4. The van der Waals surface area contributed by atoms with Gasteiger partial charge in [-0.1, -0.05) is 24.3 Å². The van der Waals surface area contributed by atoms with Crippen LogP contribution < -0.4 is 4.74 Å². The molecule has 4 aromatic rings. The number of rotatable bonds is 6. The van der Waals surface area contributed by atoms with Crippen LogP contribution in [-0.2, 0) is 0 Å². The van der Waals surface area contributed by atoms with Gasteiger partial charge < -0.3 is 9.64 Å². The number of benzene rings is 2. The van der Waals surface area contributed by atoms with Gasteiger partial charge in [-0.3, -0.25) is 9.78 Å². The highest BCUT2D eigenvalue weighted by molar-refractivity contribution is 5.99. The predicted molar refractivity (Wildman–Crippen MR) is 123 cm³/mol. The number of amides is 1. The lowest BCUT2D eigenvalue weighted by Gasteiger charge is -2.28. The van der Waals surface area contributed by atoms with Crippen LogP contribution in [0.5, 0.6) is 6.01 Å². The molecule has 6 nitrogen and oxygen atoms in total. The molecular formula is C26H24N4O2. The van der Waals surface area contributed by atoms with Crippen LogP contribution in [0.4, 0.5) is 0 Å². The van der Waals surface area contributed by atoms with E-state index in [1.807, 2.05) is 60.5 Å². The van der Waals surface area contributed by atoms with E-state index in [4.69, 9.17) is 4.74 Å². The van der Waals surface area contributed by atoms with Gasteiger partial charge in [-0.15, -0.1) is 0 Å². The Kier molecular flexibility index (Phi) is 5.27. The zero-order valence-corrected chi connectivity index (χ0v) is 18.1. The predicted octanol–water partition coefficient (Wildman–Crippen LogP) is 4.92. The number of hydrogen-bond donors (Lipinski definition) is 0. The Morgan fingerprint density at radius 3 is 2.41 bits per heavy atom. The van der Waals surface area contributed by atoms with E-state index in [-0.39, 0.29) is 11.9 Å². The van der Waals surface area contributed by atoms with Crippen molar-refractivity contribution in [3.05, 3.63) is 84.4 Å². The number of fused-ring (bicyclic) bond motifs is 1. The number of carbonyl (C=O) groups is 1. The number of carbonyl (C=O) groups excluding carboxylic acids is 1. The molecule has 160 valence electrons. The fourth-order valence-corrected chi connectivity index (χ4v) is 4.18. The van der Waals surface area contributed by atoms with Gasteiger partial charge >= 0.3 is 6.01 Å². The number of hydrogen-bond acceptors (Lipinski definition) is 5. The molecule has 0 N–H and O–H groups in total. The molecule has 1 aliphatic rings. The van der Waals surface area contributed by atoms with E-state index in [2.05, 4.69) is 21.0 Å². The van der Waals surface area contributed by atoms with Crippen LogP contribution in [0.25, 0.3) is 21.9 Å². The van der Waals surface area contributed by atoms with Crippen molar-refractivity contribution in [2.24, 2.45) is 5.92 Å². The maximum Gasteiger partial charge on any atom is 0.316 e. The summed E-state index contributed by atoms with van der Waals surface area (Å²) >= 11 is 0. The average molecular weight is 425 g/mol. The molecular weight excluding hydrogens is 400 g/mol. The second-order valence-electron chi connectivity index (χ2n) is 8.19. The van der Waals surface area contributed by atoms with Gasteiger partial charge in [0.1, 0.15) is 0 Å². The van der Waals surface area contributed by atoms with Crippen LogP contribution in [-0.4, -0.2) is 39.9 Å². The van der Waals surface area contributed by atoms with Crippen LogP contribution in [0.1, 0.15) is 34.9 Å². The minimum Gasteiger partial charge on any atom is -0.467 e. The van der Waals surface area contributed by atoms with E-state index in [0.717, 1.165) is 40.4 Å². The first-order valence-electron chi connectivity index (χ1n) is 10.7. The van der Waals surface area contributed by atoms with Crippen molar-refractivity contribution in [3.63, 3.8) is 0 Å². The minimum absolute atomic E-state index is 0.0110. The smallest absolute Gasteiger partial charge is 0.316 e. The summed E-state index contributed by atoms with van der Waals surface area (Å²) in [6, 6.07) is 18.3. The fraction of sp³-hybridized carbons (Fsp3) is 0.231. The molecule has 0 radical (unpaired) electrons. The number of aromatic nitrogens is 3. The third-order valence-corrected chi connectivity index (χ3v) is 6.03. The quantitative estimate of drug-likeness (QED) is 0.439. The highest BCUT2D eigenvalue weighted by Crippen LogP contribution is 2.44. The molecule has 0 aliphatic heterocycles. The maximum atomic E-state index is 13.4. The molecule has 1 unspecified atom stereocenters. The molecule has 1 aliphatic carbocycles. The van der Waals surface area contributed by atoms with E-state index in [1.165, 1.54) is 0 Å². The average Bonchev–Trinajstić information content (AvgIpc) is 3.69. The second kappa shape index (κ2) is 8.38. The zero-order chi connectivity index (χ0) is 22.1. The summed E-state index contributed by atoms with van der Waals surface area (Å²) < 4.78 is 5.03. The third kappa shape index (κ3) is 3.91. The van der Waals surface area contributed by atoms with Crippen molar-refractivity contribution in [1.29, 1.82) is 0 Å². The molecule has 1 fully saturated rings. The first-order valence-corrected chi connectivity index (χ1v) is 10.7. The maximum absolute atomic E-state index is 13.4. The van der Waals surface area contributed by atoms with E-state index >= 15 is 0 Å². The first-order chi connectivity index (χ1) is 15.6. The molecule has 2 aromatic carbocycles. The summed E-state index contributed by atoms with van der Waals surface area (Å²) in [6.45, 7) is 0. The van der Waals surface area contributed by atoms with Crippen LogP contribution in [0.2, 0.25) is 0 Å². The van der Waals surface area contributed by atoms with Gasteiger partial charge in [-0.2, -0.15) is 0 Å². The lowest BCUT2D eigenvalue weighted by atomic mass is 10.0. The fourth-order valence-electron chi connectivity index (χ4n) is 4.18. The van der Waals surface area contributed by atoms with Gasteiger partial charge in [0.15, 0.2) is 0 Å². The minimum atomic E-state index is 0.0110. The molecule has 2 aromatic heterocycles. The van der Waals surface area contributed by atoms with Crippen molar-refractivity contribution < 1.29 is 9.53 Å². The SMILES string of the molecule is COc1ncc(-c2ccc3cc(C(=O)N(C)C(c4ccccn4)C4CC4)ccc3c2)cn1. The summed E-state index contributed by atoms with van der Waals surface area (Å²) in [5.41, 5.74) is 3.57. The van der Waals surface area contributed by atoms with E-state index < -0.39 is 0 Å². The first kappa shape index (κ1) is 20.1. The monoisotopic (exact) mass is 424 g/mol. The summed E-state index contributed by atoms with van der Waals surface area (Å²) in [5, 5.41) is 2.07. The third-order valence-electron chi connectivity index (χ3n) is 6.03. The summed E-state index contributed by atoms with van der Waals surface area (Å²) in [6.07, 6.45) is 7.55. The van der Waals surface area contributed by atoms with Crippen LogP contribution >= 0.6 is 0 Å². The lowest BCUT2D eigenvalue weighted by Crippen LogP contribution is -2.33. The van der Waals surface area contributed by atoms with Crippen molar-refractivity contribution in [1.82, 2.24) is 19.9 Å². The largest absolute Gasteiger partial charge is 0.467 e. The molecule has 1 atom stereocenters. The van der Waals surface area contributed by atoms with Gasteiger partial charge in [-0.25, -0.2) is 9.97 Å². The highest BCUT2D eigenvalue weighted by atomic mass is 16.5. The van der Waals surface area contributed by atoms with Gasteiger partial charge in [0.25, 0.3) is 5.91 Å². The Balaban J connectivity index is 1.42. The molecule has 1 amide bonds. The normalized spacial score (nSPS) is 14.2. The molecule has 1 saturated carbocycles. The molecule has 2 heterocycles. The molecule has 5 rings (SSSR count). The van der Waals surface area contributed by atoms with Crippen molar-refractivity contribution in [2.45, 2.75) is 18.9 Å². The Labute approximate surface area is 186 Å². The summed E-state index contributed by atoms with van der Waals surface area (Å²) in [5.74, 6) is 0.496. The number of ether oxygens (including phenoxy) is 1. The second-order valence-corrected chi connectivity index (χ2v) is 8.19. The van der Waals surface area contributed by atoms with Gasteiger partial charge in [0, 0.05) is 36.8 Å². The van der Waals surface area contributed by atoms with Crippen molar-refractivity contribution in [2.75, 3.05) is 14.2 Å². The van der Waals surface area contributed by atoms with E-state index in [0.29, 0.717) is 17.5 Å². The molecule has 0 bridgehead atoms. The Morgan fingerprint density at radius 1 is 0.969 bits per heavy atom. The zero-order valence-electron chi connectivity index (χ0n) is 18.1. The van der Waals surface area contributed by atoms with E-state index in [1.54, 1.807) is 25.7 Å². The van der Waals surface area contributed by atoms with Crippen LogP contribution in [0, 0.1) is 5.92 Å². The molecule has 0 spiro atoms. The standard InChI is InChI=1S/C26H24N4O2/c1-30(24(17-6-7-17)23-5-3-4-12-27-23)25(31)21-11-10-18-13-20(9-8-19(18)14-21)22-15-28-26(32-2)29-16-22/h3-5,8-17,24H,6-7H2,1-2H3. The van der Waals surface area contributed by atoms with Gasteiger partial charge in [-0.05, 0) is 65.4 Å². The Morgan fingerprint density at radius 2 is 1.72 bits per heavy atom. The highest BCUT2D eigenvalue weighted by Gasteiger charge is 2.37. The van der Waals surface area contributed by atoms with Crippen molar-refractivity contribution >= 4 is 16.7 Å². The van der Waals surface area contributed by atoms with Crippen molar-refractivity contribution in [3.8, 4) is 17.1 Å². The summed E-state index contributed by atoms with van der Waals surface area (Å²) in [7, 11) is 3.43. The molecule has 6 heteroatoms. The number of pyridine rings is 1. The van der Waals surface area contributed by atoms with E-state index in [9.17, 15) is 4.79 Å².